The third-order valence-electron chi connectivity index (χ3n) is 3.83. The second-order valence-electron chi connectivity index (χ2n) is 5.60. The number of sulfonamides is 1. The van der Waals surface area contributed by atoms with Crippen LogP contribution in [0.2, 0.25) is 0 Å². The molecule has 20 heavy (non-hydrogen) atoms. The average molecular weight is 298 g/mol. The van der Waals surface area contributed by atoms with Crippen molar-refractivity contribution in [2.45, 2.75) is 31.2 Å². The highest BCUT2D eigenvalue weighted by Crippen LogP contribution is 2.29. The predicted molar refractivity (Wildman–Crippen MR) is 77.7 cm³/mol. The molecule has 1 aliphatic heterocycles. The lowest BCUT2D eigenvalue weighted by molar-refractivity contribution is 0.0265. The molecule has 1 aromatic rings. The van der Waals surface area contributed by atoms with E-state index in [-0.39, 0.29) is 10.3 Å². The number of nitrogens with one attached hydrogen (secondary N) is 1. The Morgan fingerprint density at radius 1 is 1.35 bits per heavy atom. The molecule has 0 atom stereocenters. The van der Waals surface area contributed by atoms with E-state index in [0.29, 0.717) is 26.3 Å². The first-order chi connectivity index (χ1) is 9.45. The van der Waals surface area contributed by atoms with Gasteiger partial charge in [0, 0.05) is 26.3 Å². The zero-order valence-electron chi connectivity index (χ0n) is 11.8. The minimum absolute atomic E-state index is 0.0310. The molecule has 2 rings (SSSR count). The molecule has 0 bridgehead atoms. The number of hydrogen-bond acceptors (Lipinski definition) is 4. The van der Waals surface area contributed by atoms with E-state index in [1.54, 1.807) is 18.2 Å². The van der Waals surface area contributed by atoms with Gasteiger partial charge in [-0.25, -0.2) is 13.1 Å². The third kappa shape index (κ3) is 3.79. The van der Waals surface area contributed by atoms with Crippen molar-refractivity contribution in [3.05, 3.63) is 29.8 Å². The summed E-state index contributed by atoms with van der Waals surface area (Å²) in [4.78, 5) is 0.274. The van der Waals surface area contributed by atoms with Crippen LogP contribution in [0.15, 0.2) is 29.2 Å². The maximum atomic E-state index is 12.3. The summed E-state index contributed by atoms with van der Waals surface area (Å²) in [5.74, 6) is 0. The summed E-state index contributed by atoms with van der Waals surface area (Å²) in [6, 6.07) is 6.74. The summed E-state index contributed by atoms with van der Waals surface area (Å²) in [5.41, 5.74) is 6.32. The van der Waals surface area contributed by atoms with Gasteiger partial charge in [-0.05, 0) is 36.0 Å². The summed E-state index contributed by atoms with van der Waals surface area (Å²) in [6.07, 6.45) is 1.75. The molecule has 0 amide bonds. The van der Waals surface area contributed by atoms with Crippen LogP contribution in [0.25, 0.3) is 0 Å². The van der Waals surface area contributed by atoms with E-state index in [2.05, 4.69) is 11.6 Å². The van der Waals surface area contributed by atoms with Crippen LogP contribution < -0.4 is 10.5 Å². The van der Waals surface area contributed by atoms with E-state index in [0.717, 1.165) is 18.4 Å². The first-order valence-electron chi connectivity index (χ1n) is 6.82. The van der Waals surface area contributed by atoms with Crippen LogP contribution in [0, 0.1) is 5.41 Å². The van der Waals surface area contributed by atoms with E-state index in [4.69, 9.17) is 10.5 Å². The molecule has 6 heteroatoms. The van der Waals surface area contributed by atoms with E-state index in [9.17, 15) is 8.42 Å². The van der Waals surface area contributed by atoms with Crippen molar-refractivity contribution in [1.29, 1.82) is 0 Å². The Balaban J connectivity index is 2.06. The summed E-state index contributed by atoms with van der Waals surface area (Å²) < 4.78 is 32.6. The molecule has 0 radical (unpaired) electrons. The normalized spacial score (nSPS) is 18.9. The highest BCUT2D eigenvalue weighted by atomic mass is 32.2. The molecular weight excluding hydrogens is 276 g/mol. The van der Waals surface area contributed by atoms with Gasteiger partial charge in [-0.3, -0.25) is 0 Å². The Labute approximate surface area is 120 Å². The van der Waals surface area contributed by atoms with Crippen molar-refractivity contribution in [2.24, 2.45) is 11.1 Å². The lowest BCUT2D eigenvalue weighted by atomic mass is 9.83. The maximum Gasteiger partial charge on any atom is 0.240 e. The van der Waals surface area contributed by atoms with Crippen molar-refractivity contribution in [3.8, 4) is 0 Å². The number of rotatable bonds is 5. The van der Waals surface area contributed by atoms with Gasteiger partial charge in [0.25, 0.3) is 0 Å². The van der Waals surface area contributed by atoms with E-state index >= 15 is 0 Å². The Morgan fingerprint density at radius 2 is 2.05 bits per heavy atom. The highest BCUT2D eigenvalue weighted by molar-refractivity contribution is 7.89. The molecule has 3 N–H and O–H groups in total. The zero-order chi connectivity index (χ0) is 14.6. The van der Waals surface area contributed by atoms with E-state index in [1.165, 1.54) is 0 Å². The smallest absolute Gasteiger partial charge is 0.240 e. The third-order valence-corrected chi connectivity index (χ3v) is 5.23. The molecule has 0 saturated carbocycles. The van der Waals surface area contributed by atoms with E-state index in [1.807, 2.05) is 6.07 Å². The molecule has 1 aliphatic rings. The molecule has 0 aliphatic carbocycles. The van der Waals surface area contributed by atoms with Gasteiger partial charge < -0.3 is 10.5 Å². The van der Waals surface area contributed by atoms with Gasteiger partial charge in [0.15, 0.2) is 0 Å². The SMILES string of the molecule is CC1(CNS(=O)(=O)c2cccc(CN)c2)CCOCC1. The van der Waals surface area contributed by atoms with Crippen LogP contribution in [0.5, 0.6) is 0 Å². The minimum Gasteiger partial charge on any atom is -0.381 e. The molecule has 0 spiro atoms. The zero-order valence-corrected chi connectivity index (χ0v) is 12.6. The number of benzene rings is 1. The molecule has 5 nitrogen and oxygen atoms in total. The number of hydrogen-bond donors (Lipinski definition) is 2. The summed E-state index contributed by atoms with van der Waals surface area (Å²) in [5, 5.41) is 0. The molecule has 1 heterocycles. The van der Waals surface area contributed by atoms with Crippen molar-refractivity contribution >= 4 is 10.0 Å². The summed E-state index contributed by atoms with van der Waals surface area (Å²) in [6.45, 7) is 4.25. The fourth-order valence-electron chi connectivity index (χ4n) is 2.23. The van der Waals surface area contributed by atoms with Crippen LogP contribution in [0.3, 0.4) is 0 Å². The fourth-order valence-corrected chi connectivity index (χ4v) is 3.50. The van der Waals surface area contributed by atoms with Gasteiger partial charge in [-0.1, -0.05) is 19.1 Å². The van der Waals surface area contributed by atoms with Gasteiger partial charge >= 0.3 is 0 Å². The van der Waals surface area contributed by atoms with Gasteiger partial charge in [0.1, 0.15) is 0 Å². The predicted octanol–water partition coefficient (Wildman–Crippen LogP) is 1.24. The van der Waals surface area contributed by atoms with Crippen molar-refractivity contribution < 1.29 is 13.2 Å². The van der Waals surface area contributed by atoms with Crippen molar-refractivity contribution in [1.82, 2.24) is 4.72 Å². The molecule has 1 saturated heterocycles. The van der Waals surface area contributed by atoms with Gasteiger partial charge in [-0.15, -0.1) is 0 Å². The maximum absolute atomic E-state index is 12.3. The van der Waals surface area contributed by atoms with Gasteiger partial charge in [0.2, 0.25) is 10.0 Å². The van der Waals surface area contributed by atoms with Crippen molar-refractivity contribution in [3.63, 3.8) is 0 Å². The number of nitrogens with two attached hydrogens (primary N) is 1. The van der Waals surface area contributed by atoms with Crippen LogP contribution in [-0.2, 0) is 21.3 Å². The minimum atomic E-state index is -3.48. The second-order valence-corrected chi connectivity index (χ2v) is 7.37. The molecular formula is C14H22N2O3S. The molecule has 1 fully saturated rings. The molecule has 0 unspecified atom stereocenters. The second kappa shape index (κ2) is 6.22. The fraction of sp³-hybridized carbons (Fsp3) is 0.571. The Hall–Kier alpha value is -0.950. The highest BCUT2D eigenvalue weighted by Gasteiger charge is 2.29. The van der Waals surface area contributed by atoms with Crippen LogP contribution in [0.1, 0.15) is 25.3 Å². The Bertz CT molecular complexity index is 551. The summed E-state index contributed by atoms with van der Waals surface area (Å²) in [7, 11) is -3.48. The average Bonchev–Trinajstić information content (AvgIpc) is 2.46. The molecule has 112 valence electrons. The van der Waals surface area contributed by atoms with Crippen LogP contribution in [0.4, 0.5) is 0 Å². The van der Waals surface area contributed by atoms with Gasteiger partial charge in [-0.2, -0.15) is 0 Å². The van der Waals surface area contributed by atoms with Crippen molar-refractivity contribution in [2.75, 3.05) is 19.8 Å². The quantitative estimate of drug-likeness (QED) is 0.857. The van der Waals surface area contributed by atoms with Crippen LogP contribution >= 0.6 is 0 Å². The largest absolute Gasteiger partial charge is 0.381 e. The first kappa shape index (κ1) is 15.4. The Morgan fingerprint density at radius 3 is 2.70 bits per heavy atom. The monoisotopic (exact) mass is 298 g/mol. The van der Waals surface area contributed by atoms with E-state index < -0.39 is 10.0 Å². The molecule has 1 aromatic carbocycles. The van der Waals surface area contributed by atoms with Crippen LogP contribution in [-0.4, -0.2) is 28.2 Å². The lowest BCUT2D eigenvalue weighted by Gasteiger charge is -2.33. The van der Waals surface area contributed by atoms with Gasteiger partial charge in [0.05, 0.1) is 4.90 Å². The first-order valence-corrected chi connectivity index (χ1v) is 8.30. The lowest BCUT2D eigenvalue weighted by Crippen LogP contribution is -2.39. The molecule has 0 aromatic heterocycles. The topological polar surface area (TPSA) is 81.4 Å². The standard InChI is InChI=1S/C14H22N2O3S/c1-14(5-7-19-8-6-14)11-16-20(17,18)13-4-2-3-12(9-13)10-15/h2-4,9,16H,5-8,10-11,15H2,1H3. The number of ether oxygens (including phenoxy) is 1. The Kier molecular flexibility index (Phi) is 4.80. The summed E-state index contributed by atoms with van der Waals surface area (Å²) >= 11 is 0.